The molecule has 0 aliphatic heterocycles. The molecule has 1 heterocycles. The molecule has 0 saturated heterocycles. The molecule has 1 fully saturated rings. The van der Waals surface area contributed by atoms with Crippen molar-refractivity contribution >= 4 is 48.6 Å². The second kappa shape index (κ2) is 10.5. The summed E-state index contributed by atoms with van der Waals surface area (Å²) < 4.78 is 2.66. The monoisotopic (exact) mass is 657 g/mol. The maximum absolute atomic E-state index is 2.55. The molecule has 238 valence electrons. The van der Waals surface area contributed by atoms with Crippen LogP contribution in [0.1, 0.15) is 47.9 Å². The van der Waals surface area contributed by atoms with Gasteiger partial charge in [-0.25, -0.2) is 0 Å². The average molecular weight is 658 g/mol. The van der Waals surface area contributed by atoms with E-state index in [4.69, 9.17) is 0 Å². The second-order valence-corrected chi connectivity index (χ2v) is 15.6. The fraction of sp³-hybridized carbons (Fsp3) is 0.125. The van der Waals surface area contributed by atoms with Crippen molar-refractivity contribution in [2.45, 2.75) is 36.5 Å². The first kappa shape index (κ1) is 28.4. The molecule has 0 atom stereocenters. The van der Waals surface area contributed by atoms with E-state index in [9.17, 15) is 0 Å². The van der Waals surface area contributed by atoms with Crippen LogP contribution in [0.5, 0.6) is 0 Å². The van der Waals surface area contributed by atoms with Crippen molar-refractivity contribution in [3.05, 3.63) is 186 Å². The quantitative estimate of drug-likeness (QED) is 0.183. The number of hydrogen-bond acceptors (Lipinski definition) is 2. The van der Waals surface area contributed by atoms with Crippen LogP contribution in [-0.4, -0.2) is 0 Å². The molecule has 0 radical (unpaired) electrons. The summed E-state index contributed by atoms with van der Waals surface area (Å²) in [4.78, 5) is 2.47. The second-order valence-electron chi connectivity index (χ2n) is 14.5. The largest absolute Gasteiger partial charge is 0.310 e. The van der Waals surface area contributed by atoms with E-state index in [1.165, 1.54) is 81.7 Å². The topological polar surface area (TPSA) is 3.24 Å². The minimum absolute atomic E-state index is 0.0164. The highest BCUT2D eigenvalue weighted by molar-refractivity contribution is 7.25. The van der Waals surface area contributed by atoms with Crippen LogP contribution in [-0.2, 0) is 10.8 Å². The Labute approximate surface area is 297 Å². The van der Waals surface area contributed by atoms with Gasteiger partial charge in [0.1, 0.15) is 0 Å². The van der Waals surface area contributed by atoms with Crippen LogP contribution in [0.25, 0.3) is 42.4 Å². The molecule has 0 bridgehead atoms. The standard InChI is InChI=1S/C48H35NS/c1-2-12-32(13-3-1)49(34-23-25-40-39-17-7-11-21-45(39)50-46(40)31-34)33-22-24-38-37-16-6-10-20-43(37)48(44(38)30-33)28-26-47(27-29-48)41-18-8-4-14-35(41)36-15-5-9-19-42(36)47/h1-25,30-31H,26-29H2. The Morgan fingerprint density at radius 2 is 0.840 bits per heavy atom. The fourth-order valence-electron chi connectivity index (χ4n) is 10.1. The molecule has 7 aromatic carbocycles. The van der Waals surface area contributed by atoms with Crippen LogP contribution in [0.3, 0.4) is 0 Å². The van der Waals surface area contributed by atoms with Crippen LogP contribution >= 0.6 is 11.3 Å². The van der Waals surface area contributed by atoms with E-state index in [2.05, 4.69) is 169 Å². The van der Waals surface area contributed by atoms with E-state index in [1.54, 1.807) is 0 Å². The molecular formula is C48H35NS. The SMILES string of the molecule is c1ccc(N(c2ccc3c(c2)C2(CCC4(CC2)c2ccccc2-c2ccccc24)c2ccccc2-3)c2ccc3c(c2)sc2ccccc23)cc1. The number of rotatable bonds is 3. The Morgan fingerprint density at radius 1 is 0.360 bits per heavy atom. The molecular weight excluding hydrogens is 623 g/mol. The van der Waals surface area contributed by atoms with E-state index >= 15 is 0 Å². The molecule has 0 unspecified atom stereocenters. The highest BCUT2D eigenvalue weighted by Crippen LogP contribution is 2.64. The Morgan fingerprint density at radius 3 is 1.50 bits per heavy atom. The van der Waals surface area contributed by atoms with Crippen molar-refractivity contribution in [2.75, 3.05) is 4.90 Å². The number of para-hydroxylation sites is 1. The van der Waals surface area contributed by atoms with Crippen molar-refractivity contribution in [2.24, 2.45) is 0 Å². The van der Waals surface area contributed by atoms with Gasteiger partial charge in [0.15, 0.2) is 0 Å². The third-order valence-corrected chi connectivity index (χ3v) is 13.4. The third-order valence-electron chi connectivity index (χ3n) is 12.3. The van der Waals surface area contributed by atoms with Gasteiger partial charge in [0.05, 0.1) is 0 Å². The Balaban J connectivity index is 1.06. The van der Waals surface area contributed by atoms with Crippen molar-refractivity contribution < 1.29 is 0 Å². The summed E-state index contributed by atoms with van der Waals surface area (Å²) in [7, 11) is 0. The Hall–Kier alpha value is -5.44. The number of benzene rings is 7. The van der Waals surface area contributed by atoms with E-state index in [0.717, 1.165) is 25.7 Å². The lowest BCUT2D eigenvalue weighted by molar-refractivity contribution is 0.265. The summed E-state index contributed by atoms with van der Waals surface area (Å²) in [5.41, 5.74) is 15.4. The normalized spacial score (nSPS) is 16.0. The van der Waals surface area contributed by atoms with Crippen LogP contribution in [0.4, 0.5) is 17.1 Å². The third kappa shape index (κ3) is 3.83. The number of anilines is 3. The molecule has 3 aliphatic rings. The summed E-state index contributed by atoms with van der Waals surface area (Å²) in [5, 5.41) is 2.67. The van der Waals surface area contributed by atoms with Gasteiger partial charge in [0, 0.05) is 48.1 Å². The molecule has 3 aliphatic carbocycles. The first-order valence-corrected chi connectivity index (χ1v) is 18.8. The van der Waals surface area contributed by atoms with Crippen molar-refractivity contribution in [1.82, 2.24) is 0 Å². The van der Waals surface area contributed by atoms with Gasteiger partial charge in [-0.05, 0) is 113 Å². The molecule has 2 heteroatoms. The molecule has 2 spiro atoms. The van der Waals surface area contributed by atoms with E-state index in [0.29, 0.717) is 0 Å². The smallest absolute Gasteiger partial charge is 0.0476 e. The maximum Gasteiger partial charge on any atom is 0.0476 e. The lowest BCUT2D eigenvalue weighted by Gasteiger charge is -2.45. The van der Waals surface area contributed by atoms with Gasteiger partial charge in [-0.15, -0.1) is 11.3 Å². The summed E-state index contributed by atoms with van der Waals surface area (Å²) in [6.07, 6.45) is 4.54. The fourth-order valence-corrected chi connectivity index (χ4v) is 11.2. The van der Waals surface area contributed by atoms with Crippen LogP contribution in [0, 0.1) is 0 Å². The van der Waals surface area contributed by atoms with Crippen molar-refractivity contribution in [3.8, 4) is 22.3 Å². The molecule has 1 nitrogen and oxygen atoms in total. The van der Waals surface area contributed by atoms with Crippen LogP contribution in [0.15, 0.2) is 164 Å². The van der Waals surface area contributed by atoms with Crippen molar-refractivity contribution in [3.63, 3.8) is 0 Å². The number of nitrogens with zero attached hydrogens (tertiary/aromatic N) is 1. The number of thiophene rings is 1. The van der Waals surface area contributed by atoms with E-state index < -0.39 is 0 Å². The van der Waals surface area contributed by atoms with Gasteiger partial charge >= 0.3 is 0 Å². The zero-order chi connectivity index (χ0) is 32.9. The molecule has 11 rings (SSSR count). The Kier molecular flexibility index (Phi) is 5.98. The Bertz CT molecular complexity index is 2570. The number of hydrogen-bond donors (Lipinski definition) is 0. The average Bonchev–Trinajstić information content (AvgIpc) is 3.78. The summed E-state index contributed by atoms with van der Waals surface area (Å²) in [5.74, 6) is 0. The van der Waals surface area contributed by atoms with Gasteiger partial charge in [-0.2, -0.15) is 0 Å². The molecule has 1 saturated carbocycles. The highest BCUT2D eigenvalue weighted by atomic mass is 32.1. The maximum atomic E-state index is 2.55. The lowest BCUT2D eigenvalue weighted by atomic mass is 9.57. The van der Waals surface area contributed by atoms with Crippen molar-refractivity contribution in [1.29, 1.82) is 0 Å². The first-order valence-electron chi connectivity index (χ1n) is 17.9. The van der Waals surface area contributed by atoms with Crippen LogP contribution in [0.2, 0.25) is 0 Å². The van der Waals surface area contributed by atoms with Gasteiger partial charge in [0.2, 0.25) is 0 Å². The van der Waals surface area contributed by atoms with Crippen LogP contribution < -0.4 is 4.90 Å². The van der Waals surface area contributed by atoms with Gasteiger partial charge in [-0.1, -0.05) is 121 Å². The summed E-state index contributed by atoms with van der Waals surface area (Å²) in [6.45, 7) is 0. The zero-order valence-corrected chi connectivity index (χ0v) is 28.6. The molecule has 1 aromatic heterocycles. The summed E-state index contributed by atoms with van der Waals surface area (Å²) in [6, 6.07) is 61.7. The molecule has 0 amide bonds. The van der Waals surface area contributed by atoms with E-state index in [-0.39, 0.29) is 10.8 Å². The number of fused-ring (bicyclic) bond motifs is 13. The predicted octanol–water partition coefficient (Wildman–Crippen LogP) is 13.3. The molecule has 50 heavy (non-hydrogen) atoms. The predicted molar refractivity (Wildman–Crippen MR) is 211 cm³/mol. The van der Waals surface area contributed by atoms with Gasteiger partial charge in [-0.3, -0.25) is 0 Å². The highest BCUT2D eigenvalue weighted by Gasteiger charge is 2.53. The lowest BCUT2D eigenvalue weighted by Crippen LogP contribution is -2.39. The minimum atomic E-state index is -0.0164. The minimum Gasteiger partial charge on any atom is -0.310 e. The van der Waals surface area contributed by atoms with E-state index in [1.807, 2.05) is 11.3 Å². The molecule has 8 aromatic rings. The first-order chi connectivity index (χ1) is 24.7. The summed E-state index contributed by atoms with van der Waals surface area (Å²) >= 11 is 1.89. The van der Waals surface area contributed by atoms with Gasteiger partial charge < -0.3 is 4.90 Å². The molecule has 0 N–H and O–H groups in total. The van der Waals surface area contributed by atoms with Gasteiger partial charge in [0.25, 0.3) is 0 Å². The zero-order valence-electron chi connectivity index (χ0n) is 27.8.